The van der Waals surface area contributed by atoms with E-state index in [4.69, 9.17) is 9.47 Å². The van der Waals surface area contributed by atoms with Gasteiger partial charge in [0.05, 0.1) is 6.42 Å². The van der Waals surface area contributed by atoms with Crippen molar-refractivity contribution < 1.29 is 14.3 Å². The van der Waals surface area contributed by atoms with Crippen molar-refractivity contribution in [2.24, 2.45) is 0 Å². The molecule has 2 aromatic rings. The Bertz CT molecular complexity index is 814. The van der Waals surface area contributed by atoms with Crippen molar-refractivity contribution in [3.05, 3.63) is 59.7 Å². The normalized spacial score (nSPS) is 28.7. The molecule has 0 spiro atoms. The molecule has 3 heterocycles. The van der Waals surface area contributed by atoms with Crippen LogP contribution in [-0.4, -0.2) is 24.2 Å². The van der Waals surface area contributed by atoms with E-state index in [2.05, 4.69) is 23.5 Å². The van der Waals surface area contributed by atoms with Crippen molar-refractivity contribution in [2.75, 3.05) is 0 Å². The van der Waals surface area contributed by atoms with Crippen molar-refractivity contribution in [3.8, 4) is 11.5 Å². The maximum absolute atomic E-state index is 12.1. The van der Waals surface area contributed by atoms with Gasteiger partial charge >= 0.3 is 5.97 Å². The molecule has 2 fully saturated rings. The first kappa shape index (κ1) is 18.3. The molecule has 3 atom stereocenters. The minimum absolute atomic E-state index is 0. The summed E-state index contributed by atoms with van der Waals surface area (Å²) in [5, 5.41) is 3.64. The van der Waals surface area contributed by atoms with Crippen LogP contribution in [0.3, 0.4) is 0 Å². The van der Waals surface area contributed by atoms with Crippen molar-refractivity contribution in [1.82, 2.24) is 5.32 Å². The van der Waals surface area contributed by atoms with Crippen LogP contribution in [-0.2, 0) is 4.79 Å². The molecule has 3 aliphatic heterocycles. The smallest absolute Gasteiger partial charge is 0.312 e. The highest BCUT2D eigenvalue weighted by atomic mass is 35.5. The van der Waals surface area contributed by atoms with Crippen LogP contribution in [0.4, 0.5) is 0 Å². The average Bonchev–Trinajstić information content (AvgIpc) is 3.00. The number of nitrogens with one attached hydrogen (secondary N) is 1. The molecule has 5 rings (SSSR count). The number of esters is 1. The first-order chi connectivity index (χ1) is 12.7. The summed E-state index contributed by atoms with van der Waals surface area (Å²) in [6.07, 6.45) is 5.25. The van der Waals surface area contributed by atoms with E-state index in [1.807, 2.05) is 30.3 Å². The molecule has 0 saturated carbocycles. The van der Waals surface area contributed by atoms with Crippen LogP contribution in [0.2, 0.25) is 0 Å². The van der Waals surface area contributed by atoms with Gasteiger partial charge in [-0.1, -0.05) is 36.4 Å². The summed E-state index contributed by atoms with van der Waals surface area (Å²) >= 11 is 0. The molecule has 142 valence electrons. The zero-order valence-corrected chi connectivity index (χ0v) is 15.9. The van der Waals surface area contributed by atoms with Gasteiger partial charge in [0, 0.05) is 29.6 Å². The van der Waals surface area contributed by atoms with Gasteiger partial charge in [-0.05, 0) is 37.3 Å². The Labute approximate surface area is 165 Å². The number of carbonyl (C=O) groups is 1. The molecular formula is C22H24ClNO3. The first-order valence-electron chi connectivity index (χ1n) is 9.57. The number of benzene rings is 2. The Kier molecular flexibility index (Phi) is 5.11. The number of hydrogen-bond acceptors (Lipinski definition) is 4. The monoisotopic (exact) mass is 385 g/mol. The van der Waals surface area contributed by atoms with E-state index in [1.54, 1.807) is 0 Å². The van der Waals surface area contributed by atoms with Crippen LogP contribution in [0.1, 0.15) is 49.1 Å². The largest absolute Gasteiger partial charge is 0.490 e. The zero-order chi connectivity index (χ0) is 17.5. The van der Waals surface area contributed by atoms with E-state index in [1.165, 1.54) is 12.8 Å². The molecule has 5 heteroatoms. The van der Waals surface area contributed by atoms with Crippen molar-refractivity contribution >= 4 is 18.4 Å². The third kappa shape index (κ3) is 3.69. The Morgan fingerprint density at radius 3 is 2.48 bits per heavy atom. The molecule has 0 aliphatic carbocycles. The summed E-state index contributed by atoms with van der Waals surface area (Å²) < 4.78 is 11.8. The van der Waals surface area contributed by atoms with Gasteiger partial charge in [-0.15, -0.1) is 12.4 Å². The zero-order valence-electron chi connectivity index (χ0n) is 15.1. The Morgan fingerprint density at radius 1 is 1.00 bits per heavy atom. The topological polar surface area (TPSA) is 47.6 Å². The molecular weight excluding hydrogens is 362 g/mol. The lowest BCUT2D eigenvalue weighted by atomic mass is 9.86. The number of carbonyl (C=O) groups excluding carboxylic acids is 1. The lowest BCUT2D eigenvalue weighted by Gasteiger charge is -2.30. The van der Waals surface area contributed by atoms with Gasteiger partial charge in [-0.2, -0.15) is 0 Å². The highest BCUT2D eigenvalue weighted by Crippen LogP contribution is 2.41. The number of rotatable bonds is 3. The molecule has 0 radical (unpaired) electrons. The van der Waals surface area contributed by atoms with Crippen LogP contribution >= 0.6 is 12.4 Å². The van der Waals surface area contributed by atoms with Crippen LogP contribution in [0, 0.1) is 0 Å². The second-order valence-electron chi connectivity index (χ2n) is 7.69. The molecule has 1 N–H and O–H groups in total. The Morgan fingerprint density at radius 2 is 1.74 bits per heavy atom. The second kappa shape index (κ2) is 7.53. The van der Waals surface area contributed by atoms with Crippen molar-refractivity contribution in [1.29, 1.82) is 0 Å². The van der Waals surface area contributed by atoms with E-state index in [9.17, 15) is 4.79 Å². The number of ether oxygens (including phenoxy) is 2. The molecule has 4 nitrogen and oxygen atoms in total. The molecule has 2 aromatic carbocycles. The van der Waals surface area contributed by atoms with Crippen LogP contribution in [0.5, 0.6) is 11.5 Å². The van der Waals surface area contributed by atoms with E-state index in [0.717, 1.165) is 29.7 Å². The van der Waals surface area contributed by atoms with Gasteiger partial charge in [0.1, 0.15) is 17.6 Å². The molecule has 27 heavy (non-hydrogen) atoms. The maximum Gasteiger partial charge on any atom is 0.312 e. The van der Waals surface area contributed by atoms with Gasteiger partial charge in [-0.25, -0.2) is 0 Å². The maximum atomic E-state index is 12.1. The summed E-state index contributed by atoms with van der Waals surface area (Å²) in [4.78, 5) is 12.1. The summed E-state index contributed by atoms with van der Waals surface area (Å²) in [6, 6.07) is 17.3. The van der Waals surface area contributed by atoms with Gasteiger partial charge in [0.2, 0.25) is 0 Å². The van der Waals surface area contributed by atoms with Gasteiger partial charge in [0.25, 0.3) is 0 Å². The standard InChI is InChI=1S/C22H23NO3.ClH/c24-22-13-20(14-4-2-1-3-5-14)19-9-8-17(12-21(19)26-22)25-18-10-15-6-7-16(11-18)23-15;/h1-5,8-9,12,15-16,18,20,23H,6-7,10-11,13H2;1H. The predicted molar refractivity (Wildman–Crippen MR) is 106 cm³/mol. The number of halogens is 1. The van der Waals surface area contributed by atoms with Gasteiger partial charge in [-0.3, -0.25) is 4.79 Å². The predicted octanol–water partition coefficient (Wildman–Crippen LogP) is 4.21. The molecule has 2 saturated heterocycles. The second-order valence-corrected chi connectivity index (χ2v) is 7.69. The van der Waals surface area contributed by atoms with E-state index in [0.29, 0.717) is 24.3 Å². The van der Waals surface area contributed by atoms with Crippen molar-refractivity contribution in [2.45, 2.75) is 56.2 Å². The summed E-state index contributed by atoms with van der Waals surface area (Å²) in [5.74, 6) is 1.32. The third-order valence-electron chi connectivity index (χ3n) is 5.89. The van der Waals surface area contributed by atoms with Crippen molar-refractivity contribution in [3.63, 3.8) is 0 Å². The number of hydrogen-bond donors (Lipinski definition) is 1. The van der Waals surface area contributed by atoms with E-state index < -0.39 is 0 Å². The summed E-state index contributed by atoms with van der Waals surface area (Å²) in [6.45, 7) is 0. The summed E-state index contributed by atoms with van der Waals surface area (Å²) in [5.41, 5.74) is 2.21. The van der Waals surface area contributed by atoms with Gasteiger partial charge in [0.15, 0.2) is 0 Å². The Balaban J connectivity index is 0.00000180. The molecule has 3 unspecified atom stereocenters. The molecule has 0 amide bonds. The van der Waals surface area contributed by atoms with Gasteiger partial charge < -0.3 is 14.8 Å². The van der Waals surface area contributed by atoms with E-state index >= 15 is 0 Å². The Hall–Kier alpha value is -2.04. The molecule has 0 aromatic heterocycles. The molecule has 3 aliphatic rings. The fourth-order valence-corrected chi connectivity index (χ4v) is 4.68. The summed E-state index contributed by atoms with van der Waals surface area (Å²) in [7, 11) is 0. The highest BCUT2D eigenvalue weighted by Gasteiger charge is 2.35. The van der Waals surface area contributed by atoms with E-state index in [-0.39, 0.29) is 30.4 Å². The fourth-order valence-electron chi connectivity index (χ4n) is 4.68. The number of piperidine rings is 1. The lowest BCUT2D eigenvalue weighted by Crippen LogP contribution is -2.42. The minimum atomic E-state index is -0.177. The number of fused-ring (bicyclic) bond motifs is 3. The third-order valence-corrected chi connectivity index (χ3v) is 5.89. The van der Waals surface area contributed by atoms with Crippen LogP contribution in [0.25, 0.3) is 0 Å². The fraction of sp³-hybridized carbons (Fsp3) is 0.409. The SMILES string of the molecule is Cl.O=C1CC(c2ccccc2)c2ccc(OC3CC4CCC(C3)N4)cc2O1. The van der Waals surface area contributed by atoms with Crippen LogP contribution in [0.15, 0.2) is 48.5 Å². The van der Waals surface area contributed by atoms with Crippen LogP contribution < -0.4 is 14.8 Å². The quantitative estimate of drug-likeness (QED) is 0.635. The molecule has 2 bridgehead atoms. The average molecular weight is 386 g/mol. The lowest BCUT2D eigenvalue weighted by molar-refractivity contribution is -0.135. The minimum Gasteiger partial charge on any atom is -0.490 e. The highest BCUT2D eigenvalue weighted by molar-refractivity contribution is 5.85. The first-order valence-corrected chi connectivity index (χ1v) is 9.57.